The Balaban J connectivity index is 0. The average molecular weight is 540 g/mol. The predicted molar refractivity (Wildman–Crippen MR) is 151 cm³/mol. The summed E-state index contributed by atoms with van der Waals surface area (Å²) in [4.78, 5) is 49.0. The first kappa shape index (κ1) is 36.8. The molecule has 1 rings (SSSR count). The van der Waals surface area contributed by atoms with Gasteiger partial charge < -0.3 is 42.0 Å². The van der Waals surface area contributed by atoms with E-state index in [9.17, 15) is 19.2 Å². The van der Waals surface area contributed by atoms with Gasteiger partial charge in [0, 0.05) is 32.4 Å². The summed E-state index contributed by atoms with van der Waals surface area (Å²) in [6.45, 7) is 11.6. The quantitative estimate of drug-likeness (QED) is 0.270. The summed E-state index contributed by atoms with van der Waals surface area (Å²) in [6.07, 6.45) is 0.544. The number of nitrogens with two attached hydrogens (primary N) is 2. The lowest BCUT2D eigenvalue weighted by molar-refractivity contribution is -0.125. The maximum Gasteiger partial charge on any atom is 0.409 e. The second-order valence-electron chi connectivity index (χ2n) is 8.80. The molecular weight excluding hydrogens is 490 g/mol. The third-order valence-corrected chi connectivity index (χ3v) is 4.79. The Hall–Kier alpha value is -3.38. The number of carbonyl (C=O) groups is 4. The van der Waals surface area contributed by atoms with Crippen molar-refractivity contribution in [2.24, 2.45) is 17.4 Å². The van der Waals surface area contributed by atoms with Crippen LogP contribution in [0.25, 0.3) is 0 Å². The number of nitrogens with one attached hydrogen (secondary N) is 3. The molecule has 38 heavy (non-hydrogen) atoms. The van der Waals surface area contributed by atoms with E-state index in [4.69, 9.17) is 16.2 Å². The van der Waals surface area contributed by atoms with Crippen molar-refractivity contribution in [1.82, 2.24) is 20.4 Å². The molecule has 0 bridgehead atoms. The predicted octanol–water partition coefficient (Wildman–Crippen LogP) is 1.95. The monoisotopic (exact) mass is 539 g/mol. The van der Waals surface area contributed by atoms with Crippen molar-refractivity contribution < 1.29 is 23.9 Å². The van der Waals surface area contributed by atoms with Gasteiger partial charge in [-0.2, -0.15) is 0 Å². The van der Waals surface area contributed by atoms with Crippen molar-refractivity contribution in [2.75, 3.05) is 52.6 Å². The van der Waals surface area contributed by atoms with Gasteiger partial charge in [0.05, 0.1) is 12.6 Å². The molecule has 0 saturated carbocycles. The first-order valence-electron chi connectivity index (χ1n) is 12.8. The first-order chi connectivity index (χ1) is 17.9. The number of anilines is 1. The molecule has 12 nitrogen and oxygen atoms in total. The highest BCUT2D eigenvalue weighted by Gasteiger charge is 2.17. The van der Waals surface area contributed by atoms with Crippen LogP contribution in [0.3, 0.4) is 0 Å². The van der Waals surface area contributed by atoms with Crippen molar-refractivity contribution in [3.05, 3.63) is 29.8 Å². The van der Waals surface area contributed by atoms with Gasteiger partial charge in [0.25, 0.3) is 0 Å². The Morgan fingerprint density at radius 2 is 1.55 bits per heavy atom. The zero-order valence-corrected chi connectivity index (χ0v) is 24.3. The van der Waals surface area contributed by atoms with Crippen molar-refractivity contribution >= 4 is 29.6 Å². The van der Waals surface area contributed by atoms with Crippen LogP contribution in [0, 0.1) is 5.92 Å². The number of likely N-dealkylation sites (N-methyl/N-ethyl adjacent to an activating group) is 2. The van der Waals surface area contributed by atoms with E-state index in [0.717, 1.165) is 18.5 Å². The number of urea groups is 1. The fourth-order valence-corrected chi connectivity index (χ4v) is 2.42. The van der Waals surface area contributed by atoms with Gasteiger partial charge in [-0.3, -0.25) is 9.59 Å². The van der Waals surface area contributed by atoms with E-state index >= 15 is 0 Å². The van der Waals surface area contributed by atoms with Gasteiger partial charge in [-0.05, 0) is 44.1 Å². The maximum absolute atomic E-state index is 11.9. The number of benzene rings is 1. The number of nitrogens with zero attached hydrogens (tertiary/aromatic N) is 2. The Labute approximate surface area is 227 Å². The van der Waals surface area contributed by atoms with Crippen LogP contribution in [0.5, 0.6) is 0 Å². The van der Waals surface area contributed by atoms with Gasteiger partial charge >= 0.3 is 12.1 Å². The standard InChI is InChI=1S/C20H33N5O4.C4H10N2O.C2H6/c1-14(2)18(21)19(27)22-12-17(26)23-16-8-6-15(7-9-16)13-29-20(28)25(5)11-10-24(3)4;1-2-3-6-4(5)7;1-2/h6-9,14,18H,10-13,21H2,1-5H3,(H,22,27)(H,23,26);2-3H2,1H3,(H3,5,6,7);1-2H3. The third kappa shape index (κ3) is 18.8. The molecule has 0 fully saturated rings. The number of primary amides is 1. The minimum Gasteiger partial charge on any atom is -0.445 e. The Bertz CT molecular complexity index is 817. The molecule has 0 heterocycles. The van der Waals surface area contributed by atoms with Crippen LogP contribution in [-0.4, -0.2) is 87.1 Å². The normalized spacial score (nSPS) is 10.7. The van der Waals surface area contributed by atoms with E-state index in [0.29, 0.717) is 18.8 Å². The minimum absolute atomic E-state index is 0.00697. The molecule has 0 radical (unpaired) electrons. The van der Waals surface area contributed by atoms with E-state index in [2.05, 4.69) is 16.0 Å². The van der Waals surface area contributed by atoms with Crippen LogP contribution < -0.4 is 27.4 Å². The van der Waals surface area contributed by atoms with Gasteiger partial charge in [-0.25, -0.2) is 9.59 Å². The summed E-state index contributed by atoms with van der Waals surface area (Å²) >= 11 is 0. The number of carbonyl (C=O) groups excluding carboxylic acids is 4. The van der Waals surface area contributed by atoms with Crippen molar-refractivity contribution in [1.29, 1.82) is 0 Å². The van der Waals surface area contributed by atoms with E-state index in [1.54, 1.807) is 31.3 Å². The van der Waals surface area contributed by atoms with Crippen LogP contribution in [0.1, 0.15) is 46.6 Å². The highest BCUT2D eigenvalue weighted by Crippen LogP contribution is 2.11. The molecule has 0 aliphatic heterocycles. The molecule has 0 saturated heterocycles. The zero-order chi connectivity index (χ0) is 29.7. The van der Waals surface area contributed by atoms with Crippen molar-refractivity contribution in [3.63, 3.8) is 0 Å². The molecule has 1 aromatic rings. The van der Waals surface area contributed by atoms with E-state index < -0.39 is 12.1 Å². The van der Waals surface area contributed by atoms with Gasteiger partial charge in [0.15, 0.2) is 0 Å². The summed E-state index contributed by atoms with van der Waals surface area (Å²) in [5.74, 6) is -0.716. The fourth-order valence-electron chi connectivity index (χ4n) is 2.42. The van der Waals surface area contributed by atoms with Crippen LogP contribution in [0.15, 0.2) is 24.3 Å². The largest absolute Gasteiger partial charge is 0.445 e. The highest BCUT2D eigenvalue weighted by molar-refractivity contribution is 5.95. The van der Waals surface area contributed by atoms with E-state index in [1.165, 1.54) is 4.90 Å². The highest BCUT2D eigenvalue weighted by atomic mass is 16.6. The van der Waals surface area contributed by atoms with Crippen LogP contribution in [-0.2, 0) is 20.9 Å². The van der Waals surface area contributed by atoms with Gasteiger partial charge in [-0.1, -0.05) is 46.8 Å². The molecular formula is C26H49N7O5. The lowest BCUT2D eigenvalue weighted by Gasteiger charge is -2.19. The third-order valence-electron chi connectivity index (χ3n) is 4.79. The van der Waals surface area contributed by atoms with Gasteiger partial charge in [-0.15, -0.1) is 0 Å². The zero-order valence-electron chi connectivity index (χ0n) is 24.3. The maximum atomic E-state index is 11.9. The molecule has 12 heteroatoms. The smallest absolute Gasteiger partial charge is 0.409 e. The summed E-state index contributed by atoms with van der Waals surface area (Å²) in [5, 5.41) is 7.64. The molecule has 1 atom stereocenters. The van der Waals surface area contributed by atoms with Crippen LogP contribution in [0.2, 0.25) is 0 Å². The van der Waals surface area contributed by atoms with E-state index in [1.807, 2.05) is 53.6 Å². The SMILES string of the molecule is CC.CC(C)C(N)C(=O)NCC(=O)Nc1ccc(COC(=O)N(C)CCN(C)C)cc1.CCCNC(N)=O. The second kappa shape index (κ2) is 21.7. The van der Waals surface area contributed by atoms with Gasteiger partial charge in [0.2, 0.25) is 11.8 Å². The topological polar surface area (TPSA) is 172 Å². The van der Waals surface area contributed by atoms with E-state index in [-0.39, 0.29) is 37.0 Å². The number of amides is 5. The molecule has 7 N–H and O–H groups in total. The number of hydrogen-bond acceptors (Lipinski definition) is 7. The Morgan fingerprint density at radius 1 is 0.974 bits per heavy atom. The summed E-state index contributed by atoms with van der Waals surface area (Å²) < 4.78 is 5.27. The molecule has 0 aliphatic rings. The molecule has 5 amide bonds. The first-order valence-corrected chi connectivity index (χ1v) is 12.8. The number of hydrogen-bond donors (Lipinski definition) is 5. The second-order valence-corrected chi connectivity index (χ2v) is 8.80. The summed E-state index contributed by atoms with van der Waals surface area (Å²) in [6, 6.07) is 5.84. The molecule has 1 aromatic carbocycles. The minimum atomic E-state index is -0.647. The Morgan fingerprint density at radius 3 is 2.00 bits per heavy atom. The van der Waals surface area contributed by atoms with Crippen LogP contribution in [0.4, 0.5) is 15.3 Å². The summed E-state index contributed by atoms with van der Waals surface area (Å²) in [7, 11) is 5.57. The molecule has 0 aromatic heterocycles. The summed E-state index contributed by atoms with van der Waals surface area (Å²) in [5.41, 5.74) is 11.8. The Kier molecular flexibility index (Phi) is 21.0. The molecule has 218 valence electrons. The van der Waals surface area contributed by atoms with Crippen LogP contribution >= 0.6 is 0 Å². The van der Waals surface area contributed by atoms with Gasteiger partial charge in [0.1, 0.15) is 6.61 Å². The fraction of sp³-hybridized carbons (Fsp3) is 0.615. The van der Waals surface area contributed by atoms with Crippen molar-refractivity contribution in [3.8, 4) is 0 Å². The lowest BCUT2D eigenvalue weighted by Crippen LogP contribution is -2.46. The average Bonchev–Trinajstić information content (AvgIpc) is 2.89. The molecule has 0 spiro atoms. The number of rotatable bonds is 12. The molecule has 1 unspecified atom stereocenters. The van der Waals surface area contributed by atoms with Crippen molar-refractivity contribution in [2.45, 2.75) is 53.7 Å². The number of ether oxygens (including phenoxy) is 1. The molecule has 0 aliphatic carbocycles. The lowest BCUT2D eigenvalue weighted by atomic mass is 10.1.